The Kier molecular flexibility index (Phi) is 4.25. The molecule has 1 amide bonds. The van der Waals surface area contributed by atoms with Gasteiger partial charge in [-0.25, -0.2) is 10.8 Å². The number of hydrogen-bond acceptors (Lipinski definition) is 4. The van der Waals surface area contributed by atoms with Crippen molar-refractivity contribution in [2.45, 2.75) is 19.6 Å². The molecule has 0 saturated heterocycles. The molecular formula is C17H18N4O2. The highest BCUT2D eigenvalue weighted by Crippen LogP contribution is 2.22. The van der Waals surface area contributed by atoms with Gasteiger partial charge in [-0.15, -0.1) is 0 Å². The second-order valence-corrected chi connectivity index (χ2v) is 5.17. The number of hydrazine groups is 1. The highest BCUT2D eigenvalue weighted by molar-refractivity contribution is 5.83. The van der Waals surface area contributed by atoms with Crippen molar-refractivity contribution in [3.05, 3.63) is 60.4 Å². The van der Waals surface area contributed by atoms with Gasteiger partial charge in [-0.05, 0) is 31.2 Å². The van der Waals surface area contributed by atoms with Crippen LogP contribution in [0.3, 0.4) is 0 Å². The van der Waals surface area contributed by atoms with Crippen molar-refractivity contribution < 1.29 is 9.53 Å². The van der Waals surface area contributed by atoms with Crippen LogP contribution in [0.25, 0.3) is 11.0 Å². The van der Waals surface area contributed by atoms with Crippen molar-refractivity contribution in [1.29, 1.82) is 0 Å². The van der Waals surface area contributed by atoms with E-state index in [0.29, 0.717) is 5.82 Å². The van der Waals surface area contributed by atoms with Gasteiger partial charge in [0.05, 0.1) is 11.0 Å². The Morgan fingerprint density at radius 3 is 2.65 bits per heavy atom. The zero-order valence-electron chi connectivity index (χ0n) is 12.8. The van der Waals surface area contributed by atoms with Crippen LogP contribution < -0.4 is 16.0 Å². The van der Waals surface area contributed by atoms with Gasteiger partial charge in [-0.2, -0.15) is 0 Å². The van der Waals surface area contributed by atoms with Crippen LogP contribution in [0.4, 0.5) is 0 Å². The average Bonchev–Trinajstić information content (AvgIpc) is 2.97. The lowest BCUT2D eigenvalue weighted by Gasteiger charge is -2.16. The van der Waals surface area contributed by atoms with E-state index in [0.717, 1.165) is 16.8 Å². The van der Waals surface area contributed by atoms with Crippen molar-refractivity contribution in [1.82, 2.24) is 15.0 Å². The number of nitrogens with zero attached hydrogens (tertiary/aromatic N) is 2. The van der Waals surface area contributed by atoms with Crippen molar-refractivity contribution >= 4 is 16.9 Å². The van der Waals surface area contributed by atoms with Crippen molar-refractivity contribution in [3.8, 4) is 5.75 Å². The van der Waals surface area contributed by atoms with Gasteiger partial charge in [-0.1, -0.05) is 30.3 Å². The largest absolute Gasteiger partial charge is 0.486 e. The van der Waals surface area contributed by atoms with Gasteiger partial charge in [0.1, 0.15) is 24.2 Å². The number of nitrogens with two attached hydrogens (primary N) is 1. The molecule has 1 atom stereocenters. The van der Waals surface area contributed by atoms with E-state index < -0.39 is 6.04 Å². The van der Waals surface area contributed by atoms with E-state index in [-0.39, 0.29) is 12.5 Å². The van der Waals surface area contributed by atoms with Crippen LogP contribution in [0.2, 0.25) is 0 Å². The molecule has 0 aliphatic carbocycles. The molecule has 0 saturated carbocycles. The molecule has 3 N–H and O–H groups in total. The molecule has 6 nitrogen and oxygen atoms in total. The van der Waals surface area contributed by atoms with Gasteiger partial charge in [0, 0.05) is 0 Å². The van der Waals surface area contributed by atoms with E-state index in [1.54, 1.807) is 6.92 Å². The van der Waals surface area contributed by atoms with E-state index in [4.69, 9.17) is 10.6 Å². The summed E-state index contributed by atoms with van der Waals surface area (Å²) in [6, 6.07) is 16.7. The Hall–Kier alpha value is -2.86. The molecule has 0 aliphatic rings. The Labute approximate surface area is 133 Å². The number of aromatic nitrogens is 2. The number of nitrogens with one attached hydrogen (secondary N) is 1. The lowest BCUT2D eigenvalue weighted by molar-refractivity contribution is -0.123. The fourth-order valence-corrected chi connectivity index (χ4v) is 2.53. The van der Waals surface area contributed by atoms with Crippen LogP contribution >= 0.6 is 0 Å². The molecule has 0 spiro atoms. The van der Waals surface area contributed by atoms with Crippen LogP contribution in [-0.4, -0.2) is 15.5 Å². The number of carbonyl (C=O) groups excluding carboxylic acids is 1. The quantitative estimate of drug-likeness (QED) is 0.430. The van der Waals surface area contributed by atoms with Gasteiger partial charge < -0.3 is 9.30 Å². The number of para-hydroxylation sites is 3. The number of fused-ring (bicyclic) bond motifs is 1. The maximum absolute atomic E-state index is 12.0. The van der Waals surface area contributed by atoms with E-state index in [2.05, 4.69) is 10.4 Å². The third-order valence-electron chi connectivity index (χ3n) is 3.69. The summed E-state index contributed by atoms with van der Waals surface area (Å²) in [5, 5.41) is 0. The molecule has 0 fully saturated rings. The van der Waals surface area contributed by atoms with Crippen LogP contribution in [0.1, 0.15) is 18.8 Å². The molecule has 1 aromatic heterocycles. The van der Waals surface area contributed by atoms with Gasteiger partial charge in [0.2, 0.25) is 0 Å². The highest BCUT2D eigenvalue weighted by Gasteiger charge is 2.21. The topological polar surface area (TPSA) is 82.2 Å². The average molecular weight is 310 g/mol. The SMILES string of the molecule is CC(C(=O)NN)n1c(COc2ccccc2)nc2ccccc21. The summed E-state index contributed by atoms with van der Waals surface area (Å²) in [5.41, 5.74) is 3.88. The van der Waals surface area contributed by atoms with Crippen molar-refractivity contribution in [2.24, 2.45) is 5.84 Å². The summed E-state index contributed by atoms with van der Waals surface area (Å²) < 4.78 is 7.63. The summed E-state index contributed by atoms with van der Waals surface area (Å²) in [6.07, 6.45) is 0. The summed E-state index contributed by atoms with van der Waals surface area (Å²) in [7, 11) is 0. The first-order valence-electron chi connectivity index (χ1n) is 7.35. The standard InChI is InChI=1S/C17H18N4O2/c1-12(17(22)20-18)21-15-10-6-5-9-14(15)19-16(21)11-23-13-7-3-2-4-8-13/h2-10,12H,11,18H2,1H3,(H,20,22). The van der Waals surface area contributed by atoms with E-state index in [1.807, 2.05) is 59.2 Å². The minimum Gasteiger partial charge on any atom is -0.486 e. The van der Waals surface area contributed by atoms with E-state index in [1.165, 1.54) is 0 Å². The number of amides is 1. The molecule has 0 aliphatic heterocycles. The highest BCUT2D eigenvalue weighted by atomic mass is 16.5. The maximum Gasteiger partial charge on any atom is 0.256 e. The van der Waals surface area contributed by atoms with E-state index in [9.17, 15) is 4.79 Å². The molecule has 0 radical (unpaired) electrons. The van der Waals surface area contributed by atoms with Crippen molar-refractivity contribution in [3.63, 3.8) is 0 Å². The number of hydrogen-bond donors (Lipinski definition) is 2. The molecule has 118 valence electrons. The fourth-order valence-electron chi connectivity index (χ4n) is 2.53. The molecule has 3 rings (SSSR count). The predicted molar refractivity (Wildman–Crippen MR) is 87.5 cm³/mol. The summed E-state index contributed by atoms with van der Waals surface area (Å²) >= 11 is 0. The minimum absolute atomic E-state index is 0.265. The Bertz CT molecular complexity index is 814. The maximum atomic E-state index is 12.0. The molecule has 6 heteroatoms. The normalized spacial score (nSPS) is 12.1. The third kappa shape index (κ3) is 3.02. The molecule has 23 heavy (non-hydrogen) atoms. The zero-order chi connectivity index (χ0) is 16.2. The zero-order valence-corrected chi connectivity index (χ0v) is 12.8. The van der Waals surface area contributed by atoms with Gasteiger partial charge in [0.15, 0.2) is 0 Å². The minimum atomic E-state index is -0.484. The molecule has 0 bridgehead atoms. The summed E-state index contributed by atoms with van der Waals surface area (Å²) in [6.45, 7) is 2.04. The molecule has 2 aromatic carbocycles. The lowest BCUT2D eigenvalue weighted by Crippen LogP contribution is -2.36. The Morgan fingerprint density at radius 1 is 1.22 bits per heavy atom. The smallest absolute Gasteiger partial charge is 0.256 e. The third-order valence-corrected chi connectivity index (χ3v) is 3.69. The predicted octanol–water partition coefficient (Wildman–Crippen LogP) is 2.17. The number of carbonyl (C=O) groups is 1. The van der Waals surface area contributed by atoms with Crippen LogP contribution in [0.15, 0.2) is 54.6 Å². The van der Waals surface area contributed by atoms with Crippen LogP contribution in [0.5, 0.6) is 5.75 Å². The first kappa shape index (κ1) is 15.1. The van der Waals surface area contributed by atoms with Gasteiger partial charge in [0.25, 0.3) is 5.91 Å². The Morgan fingerprint density at radius 2 is 1.91 bits per heavy atom. The molecular weight excluding hydrogens is 292 g/mol. The lowest BCUT2D eigenvalue weighted by atomic mass is 10.2. The van der Waals surface area contributed by atoms with Crippen LogP contribution in [0, 0.1) is 0 Å². The first-order valence-corrected chi connectivity index (χ1v) is 7.35. The second kappa shape index (κ2) is 6.50. The summed E-state index contributed by atoms with van der Waals surface area (Å²) in [5.74, 6) is 6.41. The van der Waals surface area contributed by atoms with Gasteiger partial charge >= 0.3 is 0 Å². The Balaban J connectivity index is 1.96. The number of benzene rings is 2. The fraction of sp³-hybridized carbons (Fsp3) is 0.176. The molecule has 1 heterocycles. The molecule has 1 unspecified atom stereocenters. The van der Waals surface area contributed by atoms with Gasteiger partial charge in [-0.3, -0.25) is 10.2 Å². The molecule has 3 aromatic rings. The summed E-state index contributed by atoms with van der Waals surface area (Å²) in [4.78, 5) is 16.5. The van der Waals surface area contributed by atoms with Crippen LogP contribution in [-0.2, 0) is 11.4 Å². The van der Waals surface area contributed by atoms with E-state index >= 15 is 0 Å². The number of ether oxygens (including phenoxy) is 1. The number of rotatable bonds is 5. The number of imidazole rings is 1. The monoisotopic (exact) mass is 310 g/mol. The second-order valence-electron chi connectivity index (χ2n) is 5.17. The first-order chi connectivity index (χ1) is 11.2. The van der Waals surface area contributed by atoms with Crippen molar-refractivity contribution in [2.75, 3.05) is 0 Å².